The third kappa shape index (κ3) is 2.02. The van der Waals surface area contributed by atoms with Gasteiger partial charge in [-0.3, -0.25) is 0 Å². The van der Waals surface area contributed by atoms with Crippen LogP contribution in [-0.4, -0.2) is 17.6 Å². The smallest absolute Gasteiger partial charge is 0.105 e. The van der Waals surface area contributed by atoms with Crippen molar-refractivity contribution < 1.29 is 0 Å². The second kappa shape index (κ2) is 3.29. The van der Waals surface area contributed by atoms with E-state index in [0.29, 0.717) is 6.04 Å². The first-order valence-electron chi connectivity index (χ1n) is 4.88. The Morgan fingerprint density at radius 1 is 1.31 bits per heavy atom. The monoisotopic (exact) mass is 196 g/mol. The average molecular weight is 196 g/mol. The summed E-state index contributed by atoms with van der Waals surface area (Å²) in [6.45, 7) is 13.6. The first-order chi connectivity index (χ1) is 5.84. The minimum absolute atomic E-state index is 0.532. The number of rotatable bonds is 2. The standard InChI is InChI=1S/C10H20N2Si/c1-8(2)12-9(3)11-7-10(12)13(4,5)6/h7-8H,1-6H3. The summed E-state index contributed by atoms with van der Waals surface area (Å²) in [5.41, 5.74) is 0. The molecule has 1 aromatic rings. The first-order valence-corrected chi connectivity index (χ1v) is 8.38. The van der Waals surface area contributed by atoms with Crippen molar-refractivity contribution >= 4 is 13.4 Å². The van der Waals surface area contributed by atoms with Crippen LogP contribution in [0.5, 0.6) is 0 Å². The van der Waals surface area contributed by atoms with E-state index < -0.39 is 8.07 Å². The highest BCUT2D eigenvalue weighted by atomic mass is 28.3. The van der Waals surface area contributed by atoms with E-state index in [9.17, 15) is 0 Å². The molecule has 0 saturated heterocycles. The largest absolute Gasteiger partial charge is 0.334 e. The van der Waals surface area contributed by atoms with E-state index in [-0.39, 0.29) is 0 Å². The van der Waals surface area contributed by atoms with Crippen molar-refractivity contribution in [1.29, 1.82) is 0 Å². The van der Waals surface area contributed by atoms with Crippen molar-refractivity contribution in [2.45, 2.75) is 46.5 Å². The lowest BCUT2D eigenvalue weighted by atomic mass is 10.4. The Morgan fingerprint density at radius 2 is 1.85 bits per heavy atom. The van der Waals surface area contributed by atoms with Gasteiger partial charge in [-0.05, 0) is 20.8 Å². The third-order valence-corrected chi connectivity index (χ3v) is 4.17. The molecule has 0 atom stereocenters. The predicted octanol–water partition coefficient (Wildman–Crippen LogP) is 2.32. The number of imidazole rings is 1. The Morgan fingerprint density at radius 3 is 2.15 bits per heavy atom. The zero-order valence-corrected chi connectivity index (χ0v) is 10.5. The molecule has 0 aromatic carbocycles. The Bertz CT molecular complexity index is 294. The highest BCUT2D eigenvalue weighted by molar-refractivity contribution is 6.88. The van der Waals surface area contributed by atoms with Crippen LogP contribution in [0, 0.1) is 6.92 Å². The highest BCUT2D eigenvalue weighted by Gasteiger charge is 2.23. The van der Waals surface area contributed by atoms with E-state index in [4.69, 9.17) is 0 Å². The normalized spacial score (nSPS) is 12.5. The molecule has 0 radical (unpaired) electrons. The van der Waals surface area contributed by atoms with Crippen molar-refractivity contribution in [3.8, 4) is 0 Å². The number of nitrogens with zero attached hydrogens (tertiary/aromatic N) is 2. The van der Waals surface area contributed by atoms with E-state index in [1.165, 1.54) is 5.32 Å². The fraction of sp³-hybridized carbons (Fsp3) is 0.700. The van der Waals surface area contributed by atoms with E-state index in [0.717, 1.165) is 5.82 Å². The van der Waals surface area contributed by atoms with Gasteiger partial charge in [0.15, 0.2) is 0 Å². The number of aryl methyl sites for hydroxylation is 1. The molecule has 13 heavy (non-hydrogen) atoms. The maximum atomic E-state index is 4.40. The van der Waals surface area contributed by atoms with Gasteiger partial charge in [0.1, 0.15) is 13.9 Å². The lowest BCUT2D eigenvalue weighted by Gasteiger charge is -2.22. The molecule has 74 valence electrons. The van der Waals surface area contributed by atoms with E-state index >= 15 is 0 Å². The van der Waals surface area contributed by atoms with Crippen LogP contribution in [0.4, 0.5) is 0 Å². The molecule has 0 N–H and O–H groups in total. The number of hydrogen-bond donors (Lipinski definition) is 0. The Labute approximate surface area is 82.0 Å². The molecule has 0 spiro atoms. The van der Waals surface area contributed by atoms with Gasteiger partial charge in [0, 0.05) is 17.6 Å². The van der Waals surface area contributed by atoms with Gasteiger partial charge in [-0.1, -0.05) is 19.6 Å². The van der Waals surface area contributed by atoms with Crippen LogP contribution in [0.25, 0.3) is 0 Å². The van der Waals surface area contributed by atoms with Crippen LogP contribution < -0.4 is 5.32 Å². The second-order valence-electron chi connectivity index (χ2n) is 4.90. The minimum atomic E-state index is -1.22. The molecule has 0 aliphatic heterocycles. The summed E-state index contributed by atoms with van der Waals surface area (Å²) < 4.78 is 2.37. The van der Waals surface area contributed by atoms with E-state index in [2.05, 4.69) is 56.2 Å². The van der Waals surface area contributed by atoms with Gasteiger partial charge in [-0.2, -0.15) is 0 Å². The molecule has 2 nitrogen and oxygen atoms in total. The molecule has 0 unspecified atom stereocenters. The average Bonchev–Trinajstić information content (AvgIpc) is 2.28. The van der Waals surface area contributed by atoms with Crippen LogP contribution in [0.1, 0.15) is 25.7 Å². The second-order valence-corrected chi connectivity index (χ2v) is 9.92. The molecule has 0 bridgehead atoms. The van der Waals surface area contributed by atoms with E-state index in [1.54, 1.807) is 0 Å². The predicted molar refractivity (Wildman–Crippen MR) is 60.3 cm³/mol. The first kappa shape index (κ1) is 10.5. The summed E-state index contributed by atoms with van der Waals surface area (Å²) >= 11 is 0. The Balaban J connectivity index is 3.23. The van der Waals surface area contributed by atoms with Gasteiger partial charge in [0.05, 0.1) is 0 Å². The summed E-state index contributed by atoms with van der Waals surface area (Å²) in [6.07, 6.45) is 2.06. The van der Waals surface area contributed by atoms with Crippen LogP contribution >= 0.6 is 0 Å². The maximum Gasteiger partial charge on any atom is 0.105 e. The summed E-state index contributed by atoms with van der Waals surface area (Å²) in [4.78, 5) is 4.40. The van der Waals surface area contributed by atoms with Crippen molar-refractivity contribution in [3.63, 3.8) is 0 Å². The lowest BCUT2D eigenvalue weighted by Crippen LogP contribution is -2.43. The SMILES string of the molecule is Cc1ncc([Si](C)(C)C)n1C(C)C. The van der Waals surface area contributed by atoms with Crippen molar-refractivity contribution in [1.82, 2.24) is 9.55 Å². The fourth-order valence-electron chi connectivity index (χ4n) is 1.66. The molecule has 3 heteroatoms. The molecule has 1 aromatic heterocycles. The van der Waals surface area contributed by atoms with Gasteiger partial charge < -0.3 is 4.57 Å². The zero-order chi connectivity index (χ0) is 10.2. The topological polar surface area (TPSA) is 17.8 Å². The quantitative estimate of drug-likeness (QED) is 0.664. The third-order valence-electron chi connectivity index (χ3n) is 2.27. The molecule has 1 heterocycles. The molecule has 0 amide bonds. The van der Waals surface area contributed by atoms with Gasteiger partial charge in [-0.25, -0.2) is 4.98 Å². The zero-order valence-electron chi connectivity index (χ0n) is 9.55. The van der Waals surface area contributed by atoms with Crippen LogP contribution in [0.2, 0.25) is 19.6 Å². The van der Waals surface area contributed by atoms with Gasteiger partial charge >= 0.3 is 0 Å². The molecule has 1 rings (SSSR count). The Hall–Kier alpha value is -0.573. The lowest BCUT2D eigenvalue weighted by molar-refractivity contribution is 0.594. The highest BCUT2D eigenvalue weighted by Crippen LogP contribution is 2.10. The summed E-state index contributed by atoms with van der Waals surface area (Å²) in [7, 11) is -1.22. The minimum Gasteiger partial charge on any atom is -0.334 e. The van der Waals surface area contributed by atoms with Crippen molar-refractivity contribution in [3.05, 3.63) is 12.0 Å². The summed E-state index contributed by atoms with van der Waals surface area (Å²) in [5, 5.41) is 1.46. The molecule has 0 aliphatic rings. The molecular formula is C10H20N2Si. The molecule has 0 fully saturated rings. The van der Waals surface area contributed by atoms with Gasteiger partial charge in [-0.15, -0.1) is 0 Å². The van der Waals surface area contributed by atoms with Gasteiger partial charge in [0.2, 0.25) is 0 Å². The van der Waals surface area contributed by atoms with Crippen LogP contribution in [0.15, 0.2) is 6.20 Å². The van der Waals surface area contributed by atoms with E-state index in [1.807, 2.05) is 0 Å². The van der Waals surface area contributed by atoms with Crippen molar-refractivity contribution in [2.75, 3.05) is 0 Å². The molecular weight excluding hydrogens is 176 g/mol. The summed E-state index contributed by atoms with van der Waals surface area (Å²) in [6, 6.07) is 0.532. The number of aromatic nitrogens is 2. The molecule has 0 saturated carbocycles. The summed E-state index contributed by atoms with van der Waals surface area (Å²) in [5.74, 6) is 1.15. The fourth-order valence-corrected chi connectivity index (χ4v) is 3.25. The number of hydrogen-bond acceptors (Lipinski definition) is 1. The Kier molecular flexibility index (Phi) is 2.66. The maximum absolute atomic E-state index is 4.40. The van der Waals surface area contributed by atoms with Crippen LogP contribution in [-0.2, 0) is 0 Å². The van der Waals surface area contributed by atoms with Crippen molar-refractivity contribution in [2.24, 2.45) is 0 Å². The van der Waals surface area contributed by atoms with Gasteiger partial charge in [0.25, 0.3) is 0 Å². The molecule has 0 aliphatic carbocycles. The van der Waals surface area contributed by atoms with Crippen LogP contribution in [0.3, 0.4) is 0 Å².